The fraction of sp³-hybridized carbons (Fsp3) is 0.405. The quantitative estimate of drug-likeness (QED) is 0.231. The van der Waals surface area contributed by atoms with E-state index in [1.807, 2.05) is 0 Å². The van der Waals surface area contributed by atoms with E-state index in [-0.39, 0.29) is 16.6 Å². The van der Waals surface area contributed by atoms with Crippen LogP contribution >= 0.6 is 0 Å². The average Bonchev–Trinajstić information content (AvgIpc) is 3.02. The smallest absolute Gasteiger partial charge is 0.176 e. The summed E-state index contributed by atoms with van der Waals surface area (Å²) in [5, 5.41) is 5.59. The summed E-state index contributed by atoms with van der Waals surface area (Å²) in [6.45, 7) is 27.6. The highest BCUT2D eigenvalue weighted by Crippen LogP contribution is 2.42. The molecule has 0 saturated carbocycles. The molecule has 0 aromatic heterocycles. The van der Waals surface area contributed by atoms with E-state index in [1.54, 1.807) is 17.3 Å². The van der Waals surface area contributed by atoms with Crippen molar-refractivity contribution in [3.05, 3.63) is 111 Å². The van der Waals surface area contributed by atoms with E-state index in [4.69, 9.17) is 0 Å². The molecule has 3 aromatic carbocycles. The molecule has 3 aromatic rings. The third-order valence-corrected chi connectivity index (χ3v) is 14.2. The van der Waals surface area contributed by atoms with Gasteiger partial charge in [0.05, 0.1) is 0 Å². The van der Waals surface area contributed by atoms with Crippen molar-refractivity contribution in [1.29, 1.82) is 0 Å². The first-order chi connectivity index (χ1) is 18.0. The van der Waals surface area contributed by atoms with Crippen molar-refractivity contribution in [2.75, 3.05) is 0 Å². The first-order valence-corrected chi connectivity index (χ1v) is 16.4. The molecule has 0 saturated heterocycles. The lowest BCUT2D eigenvalue weighted by atomic mass is 9.81. The predicted octanol–water partition coefficient (Wildman–Crippen LogP) is 8.35. The van der Waals surface area contributed by atoms with Gasteiger partial charge in [-0.2, -0.15) is 0 Å². The van der Waals surface area contributed by atoms with Gasteiger partial charge in [0.2, 0.25) is 0 Å². The first kappa shape index (κ1) is 29.3. The maximum atomic E-state index is 14.5. The van der Waals surface area contributed by atoms with Crippen LogP contribution in [0.3, 0.4) is 0 Å². The molecule has 0 radical (unpaired) electrons. The molecule has 2 atom stereocenters. The fourth-order valence-corrected chi connectivity index (χ4v) is 12.4. The third-order valence-electron chi connectivity index (χ3n) is 9.07. The Morgan fingerprint density at radius 2 is 1.05 bits per heavy atom. The predicted molar refractivity (Wildman–Crippen MR) is 171 cm³/mol. The molecule has 0 heterocycles. The summed E-state index contributed by atoms with van der Waals surface area (Å²) in [6, 6.07) is 22.0. The Morgan fingerprint density at radius 1 is 0.590 bits per heavy atom. The zero-order valence-corrected chi connectivity index (χ0v) is 27.2. The zero-order chi connectivity index (χ0) is 29.1. The van der Waals surface area contributed by atoms with Crippen LogP contribution in [0.1, 0.15) is 91.5 Å². The Balaban J connectivity index is 2.30. The first-order valence-electron chi connectivity index (χ1n) is 14.4. The van der Waals surface area contributed by atoms with Crippen LogP contribution in [0.5, 0.6) is 0 Å². The second kappa shape index (κ2) is 10.0. The highest BCUT2D eigenvalue weighted by molar-refractivity contribution is 7.16. The third kappa shape index (κ3) is 5.13. The van der Waals surface area contributed by atoms with Crippen LogP contribution in [0.15, 0.2) is 82.6 Å². The average molecular weight is 539 g/mol. The summed E-state index contributed by atoms with van der Waals surface area (Å²) in [5.41, 5.74) is 9.53. The molecule has 0 amide bonds. The second-order valence-corrected chi connectivity index (χ2v) is 17.8. The lowest BCUT2D eigenvalue weighted by Gasteiger charge is -2.40. The molecular formula is C37H47FSi. The van der Waals surface area contributed by atoms with Gasteiger partial charge in [-0.15, -0.1) is 0 Å². The summed E-state index contributed by atoms with van der Waals surface area (Å²) in [4.78, 5) is 0. The summed E-state index contributed by atoms with van der Waals surface area (Å²) in [6.07, 6.45) is 0. The molecule has 206 valence electrons. The monoisotopic (exact) mass is 538 g/mol. The van der Waals surface area contributed by atoms with E-state index >= 15 is 0 Å². The summed E-state index contributed by atoms with van der Waals surface area (Å²) in [7, 11) is -2.84. The Bertz CT molecular complexity index is 1420. The van der Waals surface area contributed by atoms with Gasteiger partial charge >= 0.3 is 0 Å². The summed E-state index contributed by atoms with van der Waals surface area (Å²) < 4.78 is 14.5. The number of halogens is 1. The van der Waals surface area contributed by atoms with Crippen LogP contribution in [-0.4, -0.2) is 8.07 Å². The molecule has 0 nitrogen and oxygen atoms in total. The van der Waals surface area contributed by atoms with Gasteiger partial charge in [-0.05, 0) is 95.8 Å². The van der Waals surface area contributed by atoms with Crippen LogP contribution in [0.2, 0.25) is 0 Å². The van der Waals surface area contributed by atoms with Crippen LogP contribution < -0.4 is 15.6 Å². The molecule has 0 fully saturated rings. The van der Waals surface area contributed by atoms with Crippen molar-refractivity contribution in [1.82, 2.24) is 0 Å². The van der Waals surface area contributed by atoms with Crippen molar-refractivity contribution >= 4 is 23.6 Å². The molecule has 2 heteroatoms. The molecule has 0 bridgehead atoms. The molecule has 4 rings (SSSR count). The van der Waals surface area contributed by atoms with Crippen molar-refractivity contribution < 1.29 is 4.39 Å². The van der Waals surface area contributed by atoms with Crippen molar-refractivity contribution in [2.45, 2.75) is 93.9 Å². The molecule has 1 aliphatic rings. The van der Waals surface area contributed by atoms with Crippen molar-refractivity contribution in [2.24, 2.45) is 5.92 Å². The highest BCUT2D eigenvalue weighted by Gasteiger charge is 2.48. The highest BCUT2D eigenvalue weighted by atomic mass is 28.3. The van der Waals surface area contributed by atoms with Crippen LogP contribution in [0.25, 0.3) is 0 Å². The molecule has 2 unspecified atom stereocenters. The Hall–Kier alpha value is -2.71. The van der Waals surface area contributed by atoms with Gasteiger partial charge in [-0.3, -0.25) is 0 Å². The van der Waals surface area contributed by atoms with Gasteiger partial charge in [-0.1, -0.05) is 124 Å². The van der Waals surface area contributed by atoms with E-state index < -0.39 is 8.07 Å². The van der Waals surface area contributed by atoms with E-state index in [2.05, 4.69) is 132 Å². The van der Waals surface area contributed by atoms with Gasteiger partial charge in [0.15, 0.2) is 8.07 Å². The number of allylic oxidation sites excluding steroid dienone is 4. The molecule has 1 aliphatic carbocycles. The summed E-state index contributed by atoms with van der Waals surface area (Å²) >= 11 is 0. The van der Waals surface area contributed by atoms with Crippen molar-refractivity contribution in [3.63, 3.8) is 0 Å². The largest absolute Gasteiger partial charge is 0.207 e. The van der Waals surface area contributed by atoms with Crippen LogP contribution in [0.4, 0.5) is 4.39 Å². The van der Waals surface area contributed by atoms with E-state index in [0.717, 1.165) is 0 Å². The normalized spacial score (nSPS) is 18.1. The molecular weight excluding hydrogens is 491 g/mol. The lowest BCUT2D eigenvalue weighted by molar-refractivity contribution is 0.569. The number of hydrogen-bond donors (Lipinski definition) is 0. The van der Waals surface area contributed by atoms with Gasteiger partial charge in [0.25, 0.3) is 0 Å². The van der Waals surface area contributed by atoms with Gasteiger partial charge in [-0.25, -0.2) is 4.39 Å². The molecule has 0 spiro atoms. The SMILES string of the molecule is CC1=C(C)C(C)C([Si](c2ccc(F)cc2)(c2cc(C)cc(C)c2)c2cc(C(C)(C)C)cc(C(C)(C)C)c2)=C1C. The second-order valence-electron chi connectivity index (χ2n) is 14.0. The van der Waals surface area contributed by atoms with E-state index in [1.165, 1.54) is 54.5 Å². The lowest BCUT2D eigenvalue weighted by Crippen LogP contribution is -2.70. The van der Waals surface area contributed by atoms with Crippen molar-refractivity contribution in [3.8, 4) is 0 Å². The number of hydrogen-bond acceptors (Lipinski definition) is 0. The molecule has 39 heavy (non-hydrogen) atoms. The number of benzene rings is 3. The fourth-order valence-electron chi connectivity index (χ4n) is 6.54. The maximum absolute atomic E-state index is 14.5. The standard InChI is InChI=1S/C37H47FSi/c1-23-17-24(2)19-33(18-23)39(32-15-13-31(38)14-16-32,35-27(5)25(3)26(4)28(35)6)34-21-29(36(7,8)9)20-30(22-34)37(10,11)12/h13-22,27H,1-12H3. The zero-order valence-electron chi connectivity index (χ0n) is 26.2. The van der Waals surface area contributed by atoms with Gasteiger partial charge < -0.3 is 0 Å². The topological polar surface area (TPSA) is 0 Å². The van der Waals surface area contributed by atoms with Gasteiger partial charge in [0, 0.05) is 0 Å². The Kier molecular flexibility index (Phi) is 7.53. The minimum absolute atomic E-state index is 0.00370. The van der Waals surface area contributed by atoms with Crippen LogP contribution in [0, 0.1) is 25.6 Å². The minimum atomic E-state index is -2.84. The number of rotatable bonds is 4. The minimum Gasteiger partial charge on any atom is -0.207 e. The number of aryl methyl sites for hydroxylation is 2. The summed E-state index contributed by atoms with van der Waals surface area (Å²) in [5.74, 6) is 0.135. The Labute approximate surface area is 238 Å². The molecule has 0 aliphatic heterocycles. The van der Waals surface area contributed by atoms with E-state index in [9.17, 15) is 4.39 Å². The maximum Gasteiger partial charge on any atom is 0.176 e. The Morgan fingerprint density at radius 3 is 1.46 bits per heavy atom. The van der Waals surface area contributed by atoms with E-state index in [0.29, 0.717) is 5.92 Å². The van der Waals surface area contributed by atoms with Gasteiger partial charge in [0.1, 0.15) is 5.82 Å². The van der Waals surface area contributed by atoms with Crippen LogP contribution in [-0.2, 0) is 10.8 Å². The molecule has 0 N–H and O–H groups in total.